The van der Waals surface area contributed by atoms with Crippen molar-refractivity contribution in [1.29, 1.82) is 0 Å². The van der Waals surface area contributed by atoms with Gasteiger partial charge >= 0.3 is 0 Å². The van der Waals surface area contributed by atoms with Gasteiger partial charge < -0.3 is 10.2 Å². The van der Waals surface area contributed by atoms with Crippen LogP contribution in [-0.2, 0) is 13.1 Å². The van der Waals surface area contributed by atoms with Gasteiger partial charge in [0.1, 0.15) is 0 Å². The van der Waals surface area contributed by atoms with E-state index in [1.165, 1.54) is 0 Å². The highest BCUT2D eigenvalue weighted by Gasteiger charge is 2.31. The predicted molar refractivity (Wildman–Crippen MR) is 123 cm³/mol. The molecule has 3 aromatic heterocycles. The van der Waals surface area contributed by atoms with Crippen molar-refractivity contribution in [3.05, 3.63) is 72.1 Å². The molecule has 9 nitrogen and oxygen atoms in total. The largest absolute Gasteiger partial charge is 0.394 e. The van der Waals surface area contributed by atoms with E-state index in [1.54, 1.807) is 19.1 Å². The number of hydrogen-bond donors (Lipinski definition) is 2. The second-order valence-electron chi connectivity index (χ2n) is 7.82. The molecule has 0 radical (unpaired) electrons. The topological polar surface area (TPSA) is 99.1 Å². The van der Waals surface area contributed by atoms with Crippen molar-refractivity contribution in [3.63, 3.8) is 0 Å². The smallest absolute Gasteiger partial charge is 0.154 e. The van der Waals surface area contributed by atoms with Gasteiger partial charge in [0.05, 0.1) is 49.1 Å². The second kappa shape index (κ2) is 8.61. The zero-order valence-electron chi connectivity index (χ0n) is 18.6. The lowest BCUT2D eigenvalue weighted by Gasteiger charge is -2.07. The molecule has 0 fully saturated rings. The van der Waals surface area contributed by atoms with Gasteiger partial charge in [0, 0.05) is 11.1 Å². The molecule has 5 aromatic rings. The zero-order chi connectivity index (χ0) is 22.9. The van der Waals surface area contributed by atoms with Gasteiger partial charge in [0.2, 0.25) is 0 Å². The van der Waals surface area contributed by atoms with Crippen molar-refractivity contribution >= 4 is 0 Å². The fourth-order valence-electron chi connectivity index (χ4n) is 4.20. The summed E-state index contributed by atoms with van der Waals surface area (Å²) in [5.74, 6) is 0. The van der Waals surface area contributed by atoms with Crippen LogP contribution in [0, 0.1) is 13.8 Å². The van der Waals surface area contributed by atoms with Gasteiger partial charge in [-0.3, -0.25) is 9.36 Å². The van der Waals surface area contributed by atoms with E-state index >= 15 is 0 Å². The molecular weight excluding hydrogens is 420 g/mol. The van der Waals surface area contributed by atoms with Crippen LogP contribution >= 0.6 is 0 Å². The molecule has 0 atom stereocenters. The van der Waals surface area contributed by atoms with Crippen molar-refractivity contribution in [3.8, 4) is 33.9 Å². The fraction of sp³-hybridized carbons (Fsp3) is 0.250. The summed E-state index contributed by atoms with van der Waals surface area (Å²) in [6, 6.07) is 19.9. The standard InChI is InChI=1S/C24H26N6O3/c1-17-21(23(27(25-17)13-15-31)19-9-5-3-6-10-19)29-30(33-29)22-18(2)26-28(14-16-32)24(22)20-11-7-4-8-12-20/h3-12,31-32H,13-16H2,1-2H3. The third kappa shape index (κ3) is 3.71. The van der Waals surface area contributed by atoms with Crippen LogP contribution in [0.3, 0.4) is 0 Å². The van der Waals surface area contributed by atoms with Gasteiger partial charge in [0.15, 0.2) is 11.4 Å². The number of aliphatic hydroxyl groups excluding tert-OH is 2. The first-order chi connectivity index (χ1) is 16.1. The van der Waals surface area contributed by atoms with Crippen molar-refractivity contribution < 1.29 is 14.8 Å². The summed E-state index contributed by atoms with van der Waals surface area (Å²) in [6.45, 7) is 4.57. The van der Waals surface area contributed by atoms with E-state index in [0.717, 1.165) is 45.3 Å². The lowest BCUT2D eigenvalue weighted by molar-refractivity contribution is 0.269. The third-order valence-electron chi connectivity index (χ3n) is 5.59. The maximum absolute atomic E-state index is 9.58. The molecule has 0 unspecified atom stereocenters. The summed E-state index contributed by atoms with van der Waals surface area (Å²) in [5, 5.41) is 28.5. The molecule has 0 aliphatic heterocycles. The SMILES string of the molecule is Cc1nn(CCO)c(-c2ccccc2)c1-n1on1-c1c(C)nn(CCO)c1-c1ccccc1. The number of aliphatic hydroxyl groups is 2. The van der Waals surface area contributed by atoms with Gasteiger partial charge in [-0.15, -0.1) is 0 Å². The summed E-state index contributed by atoms with van der Waals surface area (Å²) in [6.07, 6.45) is 0. The third-order valence-corrected chi connectivity index (χ3v) is 5.59. The van der Waals surface area contributed by atoms with E-state index in [2.05, 4.69) is 10.2 Å². The normalized spacial score (nSPS) is 11.5. The molecule has 0 amide bonds. The van der Waals surface area contributed by atoms with Crippen LogP contribution in [-0.4, -0.2) is 52.7 Å². The highest BCUT2D eigenvalue weighted by atomic mass is 16.8. The molecule has 33 heavy (non-hydrogen) atoms. The number of nitrogens with zero attached hydrogens (tertiary/aromatic N) is 6. The molecule has 3 heterocycles. The van der Waals surface area contributed by atoms with Crippen LogP contribution in [0.1, 0.15) is 11.4 Å². The number of aryl methyl sites for hydroxylation is 2. The van der Waals surface area contributed by atoms with Crippen molar-refractivity contribution in [1.82, 2.24) is 29.3 Å². The monoisotopic (exact) mass is 446 g/mol. The van der Waals surface area contributed by atoms with E-state index < -0.39 is 0 Å². The molecule has 9 heteroatoms. The molecule has 0 aliphatic rings. The quantitative estimate of drug-likeness (QED) is 0.381. The lowest BCUT2D eigenvalue weighted by Crippen LogP contribution is -2.07. The minimum Gasteiger partial charge on any atom is -0.394 e. The molecule has 0 saturated carbocycles. The molecular formula is C24H26N6O3. The Balaban J connectivity index is 1.67. The molecule has 0 saturated heterocycles. The molecule has 2 N–H and O–H groups in total. The molecule has 5 rings (SSSR count). The first kappa shape index (κ1) is 21.0. The number of aromatic nitrogens is 6. The number of benzene rings is 2. The average molecular weight is 447 g/mol. The Morgan fingerprint density at radius 3 is 1.42 bits per heavy atom. The zero-order valence-corrected chi connectivity index (χ0v) is 18.6. The van der Waals surface area contributed by atoms with Crippen molar-refractivity contribution in [2.24, 2.45) is 0 Å². The highest BCUT2D eigenvalue weighted by Crippen LogP contribution is 2.36. The van der Waals surface area contributed by atoms with E-state index in [4.69, 9.17) is 4.63 Å². The van der Waals surface area contributed by atoms with Crippen LogP contribution < -0.4 is 0 Å². The summed E-state index contributed by atoms with van der Waals surface area (Å²) >= 11 is 0. The van der Waals surface area contributed by atoms with Crippen LogP contribution in [0.4, 0.5) is 0 Å². The average Bonchev–Trinajstić information content (AvgIpc) is 3.43. The van der Waals surface area contributed by atoms with Gasteiger partial charge in [-0.1, -0.05) is 60.7 Å². The van der Waals surface area contributed by atoms with Crippen LogP contribution in [0.5, 0.6) is 0 Å². The summed E-state index contributed by atoms with van der Waals surface area (Å²) in [7, 11) is 0. The van der Waals surface area contributed by atoms with Gasteiger partial charge in [-0.2, -0.15) is 10.2 Å². The Labute approximate surface area is 190 Å². The van der Waals surface area contributed by atoms with Gasteiger partial charge in [0.25, 0.3) is 0 Å². The first-order valence-corrected chi connectivity index (χ1v) is 10.9. The lowest BCUT2D eigenvalue weighted by atomic mass is 10.1. The van der Waals surface area contributed by atoms with E-state index in [1.807, 2.05) is 74.5 Å². The van der Waals surface area contributed by atoms with E-state index in [-0.39, 0.29) is 13.2 Å². The Morgan fingerprint density at radius 2 is 1.06 bits per heavy atom. The molecule has 0 spiro atoms. The molecule has 0 bridgehead atoms. The predicted octanol–water partition coefficient (Wildman–Crippen LogP) is 3.19. The van der Waals surface area contributed by atoms with Crippen molar-refractivity contribution in [2.75, 3.05) is 13.2 Å². The van der Waals surface area contributed by atoms with Gasteiger partial charge in [-0.05, 0) is 23.6 Å². The second-order valence-corrected chi connectivity index (χ2v) is 7.82. The van der Waals surface area contributed by atoms with Crippen LogP contribution in [0.15, 0.2) is 65.3 Å². The first-order valence-electron chi connectivity index (χ1n) is 10.9. The van der Waals surface area contributed by atoms with E-state index in [9.17, 15) is 10.2 Å². The number of rotatable bonds is 8. The molecule has 170 valence electrons. The molecule has 2 aromatic carbocycles. The number of hydrogen-bond acceptors (Lipinski definition) is 5. The summed E-state index contributed by atoms with van der Waals surface area (Å²) in [5.41, 5.74) is 6.88. The fourth-order valence-corrected chi connectivity index (χ4v) is 4.20. The highest BCUT2D eigenvalue weighted by molar-refractivity contribution is 5.73. The summed E-state index contributed by atoms with van der Waals surface area (Å²) < 4.78 is 9.60. The Kier molecular flexibility index (Phi) is 5.49. The minimum absolute atomic E-state index is 0.0177. The molecule has 0 aliphatic carbocycles. The Hall–Kier alpha value is -3.82. The summed E-state index contributed by atoms with van der Waals surface area (Å²) in [4.78, 5) is 3.41. The Morgan fingerprint density at radius 1 is 0.667 bits per heavy atom. The van der Waals surface area contributed by atoms with Crippen LogP contribution in [0.25, 0.3) is 33.9 Å². The maximum atomic E-state index is 9.58. The maximum Gasteiger partial charge on any atom is 0.154 e. The Bertz CT molecular complexity index is 1250. The van der Waals surface area contributed by atoms with Crippen molar-refractivity contribution in [2.45, 2.75) is 26.9 Å². The van der Waals surface area contributed by atoms with Gasteiger partial charge in [-0.25, -0.2) is 4.63 Å². The minimum atomic E-state index is -0.0177. The van der Waals surface area contributed by atoms with Crippen LogP contribution in [0.2, 0.25) is 0 Å². The van der Waals surface area contributed by atoms with E-state index in [0.29, 0.717) is 13.1 Å².